The Morgan fingerprint density at radius 1 is 0.787 bits per heavy atom. The predicted octanol–water partition coefficient (Wildman–Crippen LogP) is 5.01. The molecule has 4 aromatic heterocycles. The molecule has 3 fully saturated rings. The summed E-state index contributed by atoms with van der Waals surface area (Å²) in [5.41, 5.74) is 4.76. The van der Waals surface area contributed by atoms with Crippen LogP contribution in [-0.4, -0.2) is 97.1 Å². The molecule has 6 aromatic rings. The molecular formula is C46H40N8O7. The van der Waals surface area contributed by atoms with E-state index in [1.54, 1.807) is 12.3 Å². The van der Waals surface area contributed by atoms with Gasteiger partial charge in [-0.3, -0.25) is 34.4 Å². The first-order valence-corrected chi connectivity index (χ1v) is 20.4. The molecule has 0 bridgehead atoms. The van der Waals surface area contributed by atoms with Gasteiger partial charge in [-0.1, -0.05) is 18.1 Å². The van der Waals surface area contributed by atoms with E-state index in [1.165, 1.54) is 17.5 Å². The number of piperidine rings is 2. The molecule has 10 rings (SSSR count). The Balaban J connectivity index is 0.666. The third kappa shape index (κ3) is 7.40. The number of aromatic nitrogens is 5. The number of hydrogen-bond acceptors (Lipinski definition) is 12. The Hall–Kier alpha value is -7.18. The van der Waals surface area contributed by atoms with Crippen molar-refractivity contribution in [2.75, 3.05) is 24.6 Å². The van der Waals surface area contributed by atoms with Crippen molar-refractivity contribution >= 4 is 51.3 Å². The van der Waals surface area contributed by atoms with Crippen molar-refractivity contribution in [1.82, 2.24) is 34.7 Å². The smallest absolute Gasteiger partial charge is 0.262 e. The number of carbonyl (C=O) groups is 4. The zero-order valence-corrected chi connectivity index (χ0v) is 33.2. The molecule has 2 aromatic carbocycles. The lowest BCUT2D eigenvalue weighted by Gasteiger charge is -2.39. The fourth-order valence-corrected chi connectivity index (χ4v) is 8.60. The van der Waals surface area contributed by atoms with Crippen LogP contribution < -0.4 is 19.7 Å². The van der Waals surface area contributed by atoms with Gasteiger partial charge in [-0.2, -0.15) is 0 Å². The molecule has 61 heavy (non-hydrogen) atoms. The number of pyridine rings is 2. The third-order valence-electron chi connectivity index (χ3n) is 11.9. The number of aryl methyl sites for hydroxylation is 1. The van der Waals surface area contributed by atoms with Gasteiger partial charge in [0.05, 0.1) is 28.9 Å². The van der Waals surface area contributed by atoms with Crippen molar-refractivity contribution < 1.29 is 33.4 Å². The Bertz CT molecular complexity index is 2800. The van der Waals surface area contributed by atoms with Crippen LogP contribution in [0.15, 0.2) is 85.5 Å². The fourth-order valence-electron chi connectivity index (χ4n) is 8.60. The van der Waals surface area contributed by atoms with E-state index in [-0.39, 0.29) is 48.9 Å². The Kier molecular flexibility index (Phi) is 9.84. The number of carbonyl (C=O) groups excluding carboxylic acids is 4. The summed E-state index contributed by atoms with van der Waals surface area (Å²) in [6.45, 7) is 1.59. The van der Waals surface area contributed by atoms with Gasteiger partial charge in [-0.15, -0.1) is 0 Å². The molecule has 3 aliphatic heterocycles. The summed E-state index contributed by atoms with van der Waals surface area (Å²) in [4.78, 5) is 71.0. The molecule has 4 aliphatic rings. The highest BCUT2D eigenvalue weighted by Crippen LogP contribution is 2.34. The van der Waals surface area contributed by atoms with Gasteiger partial charge in [0.15, 0.2) is 0 Å². The maximum absolute atomic E-state index is 13.1. The van der Waals surface area contributed by atoms with Crippen molar-refractivity contribution in [2.24, 2.45) is 7.05 Å². The number of imide groups is 2. The van der Waals surface area contributed by atoms with Gasteiger partial charge in [0, 0.05) is 92.1 Å². The Labute approximate surface area is 350 Å². The second kappa shape index (κ2) is 15.8. The minimum atomic E-state index is -1.03. The van der Waals surface area contributed by atoms with Crippen LogP contribution in [0.1, 0.15) is 65.1 Å². The van der Waals surface area contributed by atoms with Gasteiger partial charge in [-0.25, -0.2) is 15.0 Å². The van der Waals surface area contributed by atoms with E-state index < -0.39 is 29.7 Å². The highest BCUT2D eigenvalue weighted by Gasteiger charge is 2.44. The number of benzene rings is 2. The van der Waals surface area contributed by atoms with Crippen molar-refractivity contribution in [3.8, 4) is 34.6 Å². The normalized spacial score (nSPS) is 20.3. The first-order valence-electron chi connectivity index (χ1n) is 20.4. The summed E-state index contributed by atoms with van der Waals surface area (Å²) in [5, 5.41) is 4.53. The van der Waals surface area contributed by atoms with Gasteiger partial charge in [0.2, 0.25) is 23.5 Å². The zero-order valence-electron chi connectivity index (χ0n) is 33.2. The van der Waals surface area contributed by atoms with E-state index in [1.807, 2.05) is 36.8 Å². The fraction of sp³-hybridized carbons (Fsp3) is 0.304. The zero-order chi connectivity index (χ0) is 41.6. The van der Waals surface area contributed by atoms with Crippen LogP contribution in [0.4, 0.5) is 5.82 Å². The van der Waals surface area contributed by atoms with E-state index >= 15 is 0 Å². The molecule has 15 heteroatoms. The minimum Gasteiger partial charge on any atom is -0.481 e. The quantitative estimate of drug-likeness (QED) is 0.153. The summed E-state index contributed by atoms with van der Waals surface area (Å²) in [5.74, 6) is 5.73. The number of rotatable bonds is 9. The van der Waals surface area contributed by atoms with E-state index in [0.717, 1.165) is 77.0 Å². The second-order valence-corrected chi connectivity index (χ2v) is 15.7. The third-order valence-corrected chi connectivity index (χ3v) is 11.9. The molecule has 1 atom stereocenters. The Morgan fingerprint density at radius 2 is 1.62 bits per heavy atom. The molecular weight excluding hydrogens is 777 g/mol. The number of ether oxygens (including phenoxy) is 3. The molecule has 0 spiro atoms. The maximum atomic E-state index is 13.1. The predicted molar refractivity (Wildman–Crippen MR) is 223 cm³/mol. The summed E-state index contributed by atoms with van der Waals surface area (Å²) in [7, 11) is 2.08. The van der Waals surface area contributed by atoms with Gasteiger partial charge in [0.25, 0.3) is 11.8 Å². The number of fused-ring (bicyclic) bond motifs is 4. The molecule has 0 radical (unpaired) electrons. The van der Waals surface area contributed by atoms with Crippen molar-refractivity contribution in [3.05, 3.63) is 102 Å². The molecule has 4 amide bonds. The highest BCUT2D eigenvalue weighted by molar-refractivity contribution is 6.23. The van der Waals surface area contributed by atoms with E-state index in [4.69, 9.17) is 14.2 Å². The number of anilines is 1. The van der Waals surface area contributed by atoms with Crippen LogP contribution in [0.2, 0.25) is 0 Å². The lowest BCUT2D eigenvalue weighted by atomic mass is 9.91. The first-order chi connectivity index (χ1) is 29.8. The second-order valence-electron chi connectivity index (χ2n) is 15.7. The van der Waals surface area contributed by atoms with Gasteiger partial charge in [0.1, 0.15) is 30.3 Å². The average Bonchev–Trinajstić information content (AvgIpc) is 3.69. The average molecular weight is 817 g/mol. The standard InChI is InChI=1S/C46H40N8O7/c1-52-37-12-16-47-26-36(37)33-7-4-27(21-39(33)52)28-5-11-43(49-25-28)61-32-22-31(23-32)60-29-14-18-53(19-15-29)41-13-17-48-40(50-41)3-2-20-59-30-6-8-34-35(24-30)46(58)54(45(34)57)38-9-10-42(55)51-44(38)56/h4-8,11-13,16-17,21,24-26,29,31-32,38H,9-10,14-15,18-20,22-23H2,1H3,(H,51,55,56). The van der Waals surface area contributed by atoms with Crippen molar-refractivity contribution in [1.29, 1.82) is 0 Å². The number of hydrogen-bond donors (Lipinski definition) is 1. The lowest BCUT2D eigenvalue weighted by Crippen LogP contribution is -2.54. The summed E-state index contributed by atoms with van der Waals surface area (Å²) in [6, 6.07) is 17.9. The summed E-state index contributed by atoms with van der Waals surface area (Å²) < 4.78 is 20.6. The van der Waals surface area contributed by atoms with Gasteiger partial charge >= 0.3 is 0 Å². The largest absolute Gasteiger partial charge is 0.481 e. The molecule has 7 heterocycles. The van der Waals surface area contributed by atoms with E-state index in [2.05, 4.69) is 77.9 Å². The van der Waals surface area contributed by atoms with Crippen LogP contribution in [-0.2, 0) is 21.4 Å². The summed E-state index contributed by atoms with van der Waals surface area (Å²) >= 11 is 0. The van der Waals surface area contributed by atoms with E-state index in [9.17, 15) is 19.2 Å². The maximum Gasteiger partial charge on any atom is 0.262 e. The monoisotopic (exact) mass is 816 g/mol. The van der Waals surface area contributed by atoms with Crippen LogP contribution in [0.5, 0.6) is 11.6 Å². The number of nitrogens with zero attached hydrogens (tertiary/aromatic N) is 7. The highest BCUT2D eigenvalue weighted by atomic mass is 16.5. The van der Waals surface area contributed by atoms with Crippen molar-refractivity contribution in [3.63, 3.8) is 0 Å². The van der Waals surface area contributed by atoms with Gasteiger partial charge in [-0.05, 0) is 73.2 Å². The van der Waals surface area contributed by atoms with Crippen molar-refractivity contribution in [2.45, 2.75) is 62.9 Å². The number of amides is 4. The lowest BCUT2D eigenvalue weighted by molar-refractivity contribution is -0.136. The molecule has 1 saturated carbocycles. The van der Waals surface area contributed by atoms with Crippen LogP contribution in [0.25, 0.3) is 32.9 Å². The molecule has 15 nitrogen and oxygen atoms in total. The van der Waals surface area contributed by atoms with Crippen LogP contribution >= 0.6 is 0 Å². The first kappa shape index (κ1) is 38.0. The van der Waals surface area contributed by atoms with Crippen LogP contribution in [0.3, 0.4) is 0 Å². The number of nitrogens with one attached hydrogen (secondary N) is 1. The SMILES string of the molecule is Cn1c2ccncc2c2ccc(-c3ccc(OC4CC(OC5CCN(c6ccnc(C#CCOc7ccc8c(c7)C(=O)N(C7CCC(=O)NC7=O)C8=O)n6)CC5)C4)nc3)cc21. The molecule has 306 valence electrons. The van der Waals surface area contributed by atoms with E-state index in [0.29, 0.717) is 17.5 Å². The van der Waals surface area contributed by atoms with Crippen LogP contribution in [0, 0.1) is 11.8 Å². The molecule has 2 saturated heterocycles. The molecule has 1 N–H and O–H groups in total. The molecule has 1 unspecified atom stereocenters. The van der Waals surface area contributed by atoms with Gasteiger partial charge < -0.3 is 23.7 Å². The minimum absolute atomic E-state index is 0.00740. The Morgan fingerprint density at radius 3 is 2.44 bits per heavy atom. The molecule has 1 aliphatic carbocycles. The topological polar surface area (TPSA) is 171 Å². The summed E-state index contributed by atoms with van der Waals surface area (Å²) in [6.07, 6.45) is 11.3.